The van der Waals surface area contributed by atoms with Crippen molar-refractivity contribution in [2.45, 2.75) is 25.4 Å². The molecule has 1 unspecified atom stereocenters. The van der Waals surface area contributed by atoms with Crippen LogP contribution in [0.25, 0.3) is 5.65 Å². The van der Waals surface area contributed by atoms with Crippen LogP contribution in [0.1, 0.15) is 36.5 Å². The molecular weight excluding hydrogens is 422 g/mol. The van der Waals surface area contributed by atoms with Gasteiger partial charge in [0.05, 0.1) is 18.8 Å². The first-order chi connectivity index (χ1) is 16.0. The van der Waals surface area contributed by atoms with Crippen molar-refractivity contribution < 1.29 is 14.6 Å². The second kappa shape index (κ2) is 8.42. The number of methoxy groups -OCH3 is 1. The molecule has 0 aliphatic carbocycles. The molecule has 170 valence electrons. The molecule has 1 atom stereocenters. The van der Waals surface area contributed by atoms with E-state index in [1.807, 2.05) is 12.1 Å². The van der Waals surface area contributed by atoms with E-state index >= 15 is 0 Å². The Morgan fingerprint density at radius 1 is 1.27 bits per heavy atom. The van der Waals surface area contributed by atoms with Crippen LogP contribution < -0.4 is 9.64 Å². The highest BCUT2D eigenvalue weighted by Gasteiger charge is 2.46. The molecular formula is C23H25N7O3. The molecule has 1 aromatic carbocycles. The number of anilines is 1. The summed E-state index contributed by atoms with van der Waals surface area (Å²) in [5, 5.41) is 32.2. The van der Waals surface area contributed by atoms with Crippen molar-refractivity contribution in [2.75, 3.05) is 38.2 Å². The first-order valence-electron chi connectivity index (χ1n) is 11.0. The number of carbonyl (C=O) groups is 1. The van der Waals surface area contributed by atoms with Crippen molar-refractivity contribution >= 4 is 17.4 Å². The number of fused-ring (bicyclic) bond motifs is 1. The normalized spacial score (nSPS) is 19.2. The second-order valence-corrected chi connectivity index (χ2v) is 8.87. The minimum absolute atomic E-state index is 0.0694. The maximum absolute atomic E-state index is 12.8. The van der Waals surface area contributed by atoms with Crippen LogP contribution in [0.5, 0.6) is 5.75 Å². The second-order valence-electron chi connectivity index (χ2n) is 8.87. The Labute approximate surface area is 191 Å². The molecule has 2 aliphatic rings. The zero-order valence-corrected chi connectivity index (χ0v) is 18.4. The number of β-amino-alcohol motifs (C(OH)–C–C–N with tert-alkyl or cyclic N) is 1. The van der Waals surface area contributed by atoms with E-state index in [-0.39, 0.29) is 11.3 Å². The fraction of sp³-hybridized carbons (Fsp3) is 0.435. The molecule has 0 radical (unpaired) electrons. The van der Waals surface area contributed by atoms with E-state index in [1.54, 1.807) is 27.6 Å². The monoisotopic (exact) mass is 447 g/mol. The van der Waals surface area contributed by atoms with Gasteiger partial charge in [0.15, 0.2) is 11.5 Å². The number of aliphatic hydroxyl groups is 1. The lowest BCUT2D eigenvalue weighted by Crippen LogP contribution is -2.43. The third kappa shape index (κ3) is 4.01. The van der Waals surface area contributed by atoms with E-state index in [1.165, 1.54) is 13.4 Å². The molecule has 10 heteroatoms. The average Bonchev–Trinajstić information content (AvgIpc) is 3.43. The molecule has 2 aromatic heterocycles. The minimum Gasteiger partial charge on any atom is -0.495 e. The highest BCUT2D eigenvalue weighted by molar-refractivity contribution is 5.95. The summed E-state index contributed by atoms with van der Waals surface area (Å²) >= 11 is 0. The molecule has 2 fully saturated rings. The first kappa shape index (κ1) is 21.3. The summed E-state index contributed by atoms with van der Waals surface area (Å²) in [4.78, 5) is 16.8. The number of carbonyl (C=O) groups excluding carboxylic acids is 1. The number of amides is 1. The van der Waals surface area contributed by atoms with Gasteiger partial charge in [0.1, 0.15) is 18.1 Å². The van der Waals surface area contributed by atoms with Crippen LogP contribution in [-0.2, 0) is 4.79 Å². The highest BCUT2D eigenvalue weighted by Crippen LogP contribution is 2.42. The van der Waals surface area contributed by atoms with Gasteiger partial charge in [-0.2, -0.15) is 9.78 Å². The standard InChI is InChI=1S/C23H25N7O3/c1-33-19-10-16(2-3-17(19)12-24)18(31)13-28-8-6-23(7-9-28)11-22(32)29(14-23)21-5-4-20-26-25-15-30(20)27-21/h2-5,10,15,18,31H,6-9,11,13-14H2,1H3. The number of benzene rings is 1. The Kier molecular flexibility index (Phi) is 5.44. The maximum atomic E-state index is 12.8. The molecule has 1 N–H and O–H groups in total. The van der Waals surface area contributed by atoms with E-state index in [9.17, 15) is 9.90 Å². The fourth-order valence-corrected chi connectivity index (χ4v) is 4.87. The smallest absolute Gasteiger partial charge is 0.228 e. The number of hydrogen-bond acceptors (Lipinski definition) is 8. The number of nitriles is 1. The quantitative estimate of drug-likeness (QED) is 0.626. The van der Waals surface area contributed by atoms with Crippen molar-refractivity contribution in [3.05, 3.63) is 47.8 Å². The summed E-state index contributed by atoms with van der Waals surface area (Å²) in [6.45, 7) is 2.76. The van der Waals surface area contributed by atoms with Crippen LogP contribution in [0.3, 0.4) is 0 Å². The number of aliphatic hydroxyl groups excluding tert-OH is 1. The number of piperidine rings is 1. The van der Waals surface area contributed by atoms with Gasteiger partial charge in [0, 0.05) is 19.5 Å². The summed E-state index contributed by atoms with van der Waals surface area (Å²) in [5.74, 6) is 1.18. The molecule has 5 rings (SSSR count). The largest absolute Gasteiger partial charge is 0.495 e. The summed E-state index contributed by atoms with van der Waals surface area (Å²) in [5.41, 5.74) is 1.75. The summed E-state index contributed by atoms with van der Waals surface area (Å²) in [6.07, 6.45) is 3.13. The Hall–Kier alpha value is -3.55. The van der Waals surface area contributed by atoms with E-state index in [2.05, 4.69) is 26.3 Å². The molecule has 33 heavy (non-hydrogen) atoms. The predicted octanol–water partition coefficient (Wildman–Crippen LogP) is 1.56. The van der Waals surface area contributed by atoms with Crippen molar-refractivity contribution in [3.8, 4) is 11.8 Å². The van der Waals surface area contributed by atoms with Gasteiger partial charge in [-0.05, 0) is 61.2 Å². The fourth-order valence-electron chi connectivity index (χ4n) is 4.87. The SMILES string of the molecule is COc1cc(C(O)CN2CCC3(CC2)CC(=O)N(c2ccc4nncn4n2)C3)ccc1C#N. The third-order valence-corrected chi connectivity index (χ3v) is 6.82. The van der Waals surface area contributed by atoms with Gasteiger partial charge in [0.2, 0.25) is 5.91 Å². The van der Waals surface area contributed by atoms with Crippen LogP contribution in [0.15, 0.2) is 36.7 Å². The predicted molar refractivity (Wildman–Crippen MR) is 119 cm³/mol. The molecule has 1 amide bonds. The van der Waals surface area contributed by atoms with Crippen molar-refractivity contribution in [1.82, 2.24) is 24.7 Å². The Bertz CT molecular complexity index is 1230. The Morgan fingerprint density at radius 3 is 2.85 bits per heavy atom. The van der Waals surface area contributed by atoms with Crippen molar-refractivity contribution in [2.24, 2.45) is 5.41 Å². The molecule has 2 saturated heterocycles. The van der Waals surface area contributed by atoms with Gasteiger partial charge >= 0.3 is 0 Å². The highest BCUT2D eigenvalue weighted by atomic mass is 16.5. The number of rotatable bonds is 5. The Balaban J connectivity index is 1.22. The lowest BCUT2D eigenvalue weighted by Gasteiger charge is -2.39. The van der Waals surface area contributed by atoms with E-state index in [0.29, 0.717) is 42.3 Å². The maximum Gasteiger partial charge on any atom is 0.228 e. The van der Waals surface area contributed by atoms with E-state index in [4.69, 9.17) is 10.00 Å². The number of hydrogen-bond donors (Lipinski definition) is 1. The van der Waals surface area contributed by atoms with Gasteiger partial charge in [-0.15, -0.1) is 15.3 Å². The molecule has 0 saturated carbocycles. The molecule has 2 aliphatic heterocycles. The van der Waals surface area contributed by atoms with Gasteiger partial charge < -0.3 is 14.7 Å². The molecule has 4 heterocycles. The van der Waals surface area contributed by atoms with E-state index in [0.717, 1.165) is 31.5 Å². The van der Waals surface area contributed by atoms with Crippen molar-refractivity contribution in [3.63, 3.8) is 0 Å². The molecule has 10 nitrogen and oxygen atoms in total. The lowest BCUT2D eigenvalue weighted by molar-refractivity contribution is -0.118. The van der Waals surface area contributed by atoms with Crippen molar-refractivity contribution in [1.29, 1.82) is 5.26 Å². The molecule has 0 bridgehead atoms. The van der Waals surface area contributed by atoms with Crippen LogP contribution in [0.4, 0.5) is 5.82 Å². The number of ether oxygens (including phenoxy) is 1. The van der Waals surface area contributed by atoms with Crippen LogP contribution in [0.2, 0.25) is 0 Å². The lowest BCUT2D eigenvalue weighted by atomic mass is 9.77. The molecule has 1 spiro atoms. The Morgan fingerprint density at radius 2 is 2.09 bits per heavy atom. The number of aromatic nitrogens is 4. The van der Waals surface area contributed by atoms with E-state index < -0.39 is 6.10 Å². The third-order valence-electron chi connectivity index (χ3n) is 6.82. The molecule has 3 aromatic rings. The average molecular weight is 447 g/mol. The van der Waals surface area contributed by atoms with Crippen LogP contribution in [0, 0.1) is 16.7 Å². The topological polar surface area (TPSA) is 120 Å². The van der Waals surface area contributed by atoms with Gasteiger partial charge in [-0.25, -0.2) is 0 Å². The summed E-state index contributed by atoms with van der Waals surface area (Å²) in [6, 6.07) is 10.9. The minimum atomic E-state index is -0.679. The van der Waals surface area contributed by atoms with Gasteiger partial charge in [-0.1, -0.05) is 6.07 Å². The zero-order chi connectivity index (χ0) is 23.0. The summed E-state index contributed by atoms with van der Waals surface area (Å²) in [7, 11) is 1.52. The van der Waals surface area contributed by atoms with Crippen LogP contribution in [-0.4, -0.2) is 69.0 Å². The first-order valence-corrected chi connectivity index (χ1v) is 11.0. The van der Waals surface area contributed by atoms with Gasteiger partial charge in [0.25, 0.3) is 0 Å². The summed E-state index contributed by atoms with van der Waals surface area (Å²) < 4.78 is 6.84. The number of nitrogens with zero attached hydrogens (tertiary/aromatic N) is 7. The zero-order valence-electron chi connectivity index (χ0n) is 18.4. The van der Waals surface area contributed by atoms with Gasteiger partial charge in [-0.3, -0.25) is 9.69 Å². The number of likely N-dealkylation sites (tertiary alicyclic amines) is 1. The van der Waals surface area contributed by atoms with Crippen LogP contribution >= 0.6 is 0 Å².